The van der Waals surface area contributed by atoms with Crippen LogP contribution in [0.15, 0.2) is 36.7 Å². The van der Waals surface area contributed by atoms with Crippen LogP contribution in [0, 0.1) is 6.92 Å². The zero-order valence-electron chi connectivity index (χ0n) is 7.81. The van der Waals surface area contributed by atoms with Crippen molar-refractivity contribution in [3.05, 3.63) is 42.2 Å². The summed E-state index contributed by atoms with van der Waals surface area (Å²) in [5.74, 6) is 0. The largest absolute Gasteiger partial charge is 0.282 e. The van der Waals surface area contributed by atoms with Crippen molar-refractivity contribution in [2.75, 3.05) is 0 Å². The summed E-state index contributed by atoms with van der Waals surface area (Å²) in [6.45, 7) is 2.09. The molecular weight excluding hydrogens is 174 g/mol. The third-order valence-electron chi connectivity index (χ3n) is 2.43. The van der Waals surface area contributed by atoms with Gasteiger partial charge in [-0.1, -0.05) is 12.1 Å². The van der Waals surface area contributed by atoms with Crippen LogP contribution in [0.2, 0.25) is 0 Å². The van der Waals surface area contributed by atoms with Gasteiger partial charge in [-0.15, -0.1) is 10.2 Å². The maximum absolute atomic E-state index is 4.01. The number of rotatable bonds is 0. The van der Waals surface area contributed by atoms with Crippen LogP contribution < -0.4 is 0 Å². The molecule has 3 aromatic rings. The highest BCUT2D eigenvalue weighted by molar-refractivity contribution is 5.82. The molecule has 68 valence electrons. The Kier molecular flexibility index (Phi) is 1.36. The fourth-order valence-corrected chi connectivity index (χ4v) is 1.71. The van der Waals surface area contributed by atoms with Crippen LogP contribution in [0.1, 0.15) is 5.56 Å². The predicted octanol–water partition coefficient (Wildman–Crippen LogP) is 2.19. The molecule has 0 saturated carbocycles. The van der Waals surface area contributed by atoms with Gasteiger partial charge in [-0.2, -0.15) is 0 Å². The van der Waals surface area contributed by atoms with Gasteiger partial charge < -0.3 is 0 Å². The fourth-order valence-electron chi connectivity index (χ4n) is 1.71. The van der Waals surface area contributed by atoms with Gasteiger partial charge in [0.05, 0.1) is 5.52 Å². The summed E-state index contributed by atoms with van der Waals surface area (Å²) in [7, 11) is 0. The van der Waals surface area contributed by atoms with E-state index in [1.165, 1.54) is 10.9 Å². The van der Waals surface area contributed by atoms with Gasteiger partial charge in [0.25, 0.3) is 0 Å². The Morgan fingerprint density at radius 3 is 2.93 bits per heavy atom. The summed E-state index contributed by atoms with van der Waals surface area (Å²) in [6.07, 6.45) is 1.75. The van der Waals surface area contributed by atoms with Crippen LogP contribution >= 0.6 is 0 Å². The SMILES string of the molecule is Cc1ccc2ccc3nncn3c2c1. The molecule has 0 bridgehead atoms. The van der Waals surface area contributed by atoms with Crippen molar-refractivity contribution in [1.29, 1.82) is 0 Å². The lowest BCUT2D eigenvalue weighted by Crippen LogP contribution is -1.87. The van der Waals surface area contributed by atoms with E-state index in [1.54, 1.807) is 6.33 Å². The Morgan fingerprint density at radius 1 is 1.14 bits per heavy atom. The molecular formula is C11H9N3. The Labute approximate surface area is 81.0 Å². The minimum Gasteiger partial charge on any atom is -0.282 e. The molecule has 3 nitrogen and oxygen atoms in total. The minimum atomic E-state index is 0.892. The second kappa shape index (κ2) is 2.54. The van der Waals surface area contributed by atoms with E-state index in [-0.39, 0.29) is 0 Å². The zero-order valence-corrected chi connectivity index (χ0v) is 7.81. The van der Waals surface area contributed by atoms with Crippen molar-refractivity contribution < 1.29 is 0 Å². The monoisotopic (exact) mass is 183 g/mol. The second-order valence-corrected chi connectivity index (χ2v) is 3.45. The molecule has 2 aromatic heterocycles. The summed E-state index contributed by atoms with van der Waals surface area (Å²) in [5.41, 5.74) is 3.30. The molecule has 0 N–H and O–H groups in total. The molecule has 2 heterocycles. The van der Waals surface area contributed by atoms with E-state index < -0.39 is 0 Å². The molecule has 3 rings (SSSR count). The molecule has 0 spiro atoms. The second-order valence-electron chi connectivity index (χ2n) is 3.45. The lowest BCUT2D eigenvalue weighted by atomic mass is 10.1. The highest BCUT2D eigenvalue weighted by Gasteiger charge is 2.00. The third kappa shape index (κ3) is 0.923. The van der Waals surface area contributed by atoms with Crippen LogP contribution in [-0.4, -0.2) is 14.6 Å². The number of hydrogen-bond acceptors (Lipinski definition) is 2. The molecule has 14 heavy (non-hydrogen) atoms. The number of pyridine rings is 1. The average molecular weight is 183 g/mol. The maximum Gasteiger partial charge on any atom is 0.161 e. The first kappa shape index (κ1) is 7.50. The molecule has 0 saturated heterocycles. The molecule has 0 fully saturated rings. The first-order chi connectivity index (χ1) is 6.84. The summed E-state index contributed by atoms with van der Waals surface area (Å²) in [4.78, 5) is 0. The smallest absolute Gasteiger partial charge is 0.161 e. The van der Waals surface area contributed by atoms with E-state index in [1.807, 2.05) is 10.5 Å². The quantitative estimate of drug-likeness (QED) is 0.534. The van der Waals surface area contributed by atoms with Gasteiger partial charge in [0.15, 0.2) is 5.65 Å². The first-order valence-corrected chi connectivity index (χ1v) is 4.54. The zero-order chi connectivity index (χ0) is 9.54. The average Bonchev–Trinajstić information content (AvgIpc) is 2.65. The maximum atomic E-state index is 4.01. The van der Waals surface area contributed by atoms with E-state index in [9.17, 15) is 0 Å². The Morgan fingerprint density at radius 2 is 2.00 bits per heavy atom. The minimum absolute atomic E-state index is 0.892. The van der Waals surface area contributed by atoms with Crippen molar-refractivity contribution in [3.8, 4) is 0 Å². The van der Waals surface area contributed by atoms with E-state index in [4.69, 9.17) is 0 Å². The van der Waals surface area contributed by atoms with Crippen LogP contribution in [-0.2, 0) is 0 Å². The van der Waals surface area contributed by atoms with Crippen molar-refractivity contribution in [1.82, 2.24) is 14.6 Å². The van der Waals surface area contributed by atoms with Gasteiger partial charge in [0.2, 0.25) is 0 Å². The molecule has 0 aliphatic rings. The van der Waals surface area contributed by atoms with Crippen LogP contribution in [0.4, 0.5) is 0 Å². The van der Waals surface area contributed by atoms with Crippen molar-refractivity contribution >= 4 is 16.6 Å². The van der Waals surface area contributed by atoms with Crippen LogP contribution in [0.25, 0.3) is 16.6 Å². The van der Waals surface area contributed by atoms with Crippen molar-refractivity contribution in [3.63, 3.8) is 0 Å². The standard InChI is InChI=1S/C11H9N3/c1-8-2-3-9-4-5-11-13-12-7-14(11)10(9)6-8/h2-7H,1H3. The Bertz CT molecular complexity index is 610. The van der Waals surface area contributed by atoms with Gasteiger partial charge in [-0.3, -0.25) is 4.40 Å². The number of fused-ring (bicyclic) bond motifs is 3. The summed E-state index contributed by atoms with van der Waals surface area (Å²) in [6, 6.07) is 10.4. The highest BCUT2D eigenvalue weighted by Crippen LogP contribution is 2.16. The van der Waals surface area contributed by atoms with E-state index in [0.717, 1.165) is 11.2 Å². The van der Waals surface area contributed by atoms with Gasteiger partial charge in [-0.25, -0.2) is 0 Å². The van der Waals surface area contributed by atoms with E-state index in [2.05, 4.69) is 41.4 Å². The number of aryl methyl sites for hydroxylation is 1. The van der Waals surface area contributed by atoms with Crippen LogP contribution in [0.3, 0.4) is 0 Å². The fraction of sp³-hybridized carbons (Fsp3) is 0.0909. The summed E-state index contributed by atoms with van der Waals surface area (Å²) < 4.78 is 2.00. The van der Waals surface area contributed by atoms with E-state index >= 15 is 0 Å². The number of benzene rings is 1. The van der Waals surface area contributed by atoms with Gasteiger partial charge in [0.1, 0.15) is 6.33 Å². The first-order valence-electron chi connectivity index (χ1n) is 4.54. The summed E-state index contributed by atoms with van der Waals surface area (Å²) >= 11 is 0. The third-order valence-corrected chi connectivity index (χ3v) is 2.43. The molecule has 3 heteroatoms. The molecule has 0 atom stereocenters. The molecule has 0 radical (unpaired) electrons. The number of hydrogen-bond donors (Lipinski definition) is 0. The lowest BCUT2D eigenvalue weighted by Gasteiger charge is -2.01. The molecule has 0 unspecified atom stereocenters. The Hall–Kier alpha value is -1.90. The lowest BCUT2D eigenvalue weighted by molar-refractivity contribution is 1.11. The topological polar surface area (TPSA) is 30.2 Å². The molecule has 0 aliphatic carbocycles. The predicted molar refractivity (Wildman–Crippen MR) is 55.2 cm³/mol. The number of aromatic nitrogens is 3. The van der Waals surface area contributed by atoms with Gasteiger partial charge in [-0.05, 0) is 36.1 Å². The Balaban J connectivity index is 2.60. The molecule has 0 aliphatic heterocycles. The number of nitrogens with zero attached hydrogens (tertiary/aromatic N) is 3. The van der Waals surface area contributed by atoms with Gasteiger partial charge >= 0.3 is 0 Å². The van der Waals surface area contributed by atoms with Crippen LogP contribution in [0.5, 0.6) is 0 Å². The summed E-state index contributed by atoms with van der Waals surface area (Å²) in [5, 5.41) is 9.12. The van der Waals surface area contributed by atoms with Crippen molar-refractivity contribution in [2.24, 2.45) is 0 Å². The van der Waals surface area contributed by atoms with Crippen molar-refractivity contribution in [2.45, 2.75) is 6.92 Å². The van der Waals surface area contributed by atoms with E-state index in [0.29, 0.717) is 0 Å². The highest BCUT2D eigenvalue weighted by atomic mass is 15.2. The molecule has 1 aromatic carbocycles. The molecule has 0 amide bonds. The van der Waals surface area contributed by atoms with Gasteiger partial charge in [0, 0.05) is 0 Å². The normalized spacial score (nSPS) is 11.2.